The Balaban J connectivity index is 1.47. The number of phenolic OH excluding ortho intramolecular Hbond substituents is 1. The van der Waals surface area contributed by atoms with Gasteiger partial charge in [-0.05, 0) is 47.7 Å². The third-order valence-corrected chi connectivity index (χ3v) is 7.04. The number of hydrogen-bond donors (Lipinski definition) is 6. The number of methoxy groups -OCH3 is 2. The molecule has 0 bridgehead atoms. The molecule has 0 aromatic heterocycles. The number of hydrogen-bond acceptors (Lipinski definition) is 11. The van der Waals surface area contributed by atoms with Crippen LogP contribution in [0.2, 0.25) is 0 Å². The van der Waals surface area contributed by atoms with Crippen LogP contribution in [0.15, 0.2) is 36.4 Å². The fourth-order valence-corrected chi connectivity index (χ4v) is 4.92. The minimum Gasteiger partial charge on any atom is -0.504 e. The maximum Gasteiger partial charge on any atom is 0.229 e. The zero-order valence-corrected chi connectivity index (χ0v) is 20.6. The molecular weight excluding hydrogens is 488 g/mol. The van der Waals surface area contributed by atoms with Crippen LogP contribution in [0.3, 0.4) is 0 Å². The van der Waals surface area contributed by atoms with E-state index in [4.69, 9.17) is 23.7 Å². The van der Waals surface area contributed by atoms with Crippen LogP contribution in [-0.2, 0) is 15.9 Å². The number of phenols is 1. The summed E-state index contributed by atoms with van der Waals surface area (Å²) in [6, 6.07) is 10.2. The smallest absolute Gasteiger partial charge is 0.229 e. The predicted molar refractivity (Wildman–Crippen MR) is 129 cm³/mol. The molecular formula is C26H34O11. The minimum absolute atomic E-state index is 0.00304. The Morgan fingerprint density at radius 1 is 0.865 bits per heavy atom. The molecule has 2 aromatic carbocycles. The van der Waals surface area contributed by atoms with Gasteiger partial charge in [-0.2, -0.15) is 0 Å². The van der Waals surface area contributed by atoms with E-state index in [9.17, 15) is 30.6 Å². The van der Waals surface area contributed by atoms with Crippen LogP contribution < -0.4 is 14.2 Å². The van der Waals surface area contributed by atoms with Crippen molar-refractivity contribution in [3.63, 3.8) is 0 Å². The molecule has 11 heteroatoms. The fraction of sp³-hybridized carbons (Fsp3) is 0.538. The van der Waals surface area contributed by atoms with Crippen molar-refractivity contribution in [1.29, 1.82) is 0 Å². The first-order valence-electron chi connectivity index (χ1n) is 12.0. The standard InChI is InChI=1S/C26H34O11/c1-33-19-9-14(4-5-17(19)29)25-16(10-27)15(12-35-25)7-13-3-6-18(20(8-13)34-2)36-26-24(32)23(31)22(30)21(11-28)37-26/h3-6,8-9,15-16,21-32H,7,10-12H2,1-2H3/t15-,16-,21+,22+,23-,24+,25+,26+/m1/s1. The van der Waals surface area contributed by atoms with E-state index in [0.29, 0.717) is 24.5 Å². The quantitative estimate of drug-likeness (QED) is 0.265. The highest BCUT2D eigenvalue weighted by Crippen LogP contribution is 2.42. The van der Waals surface area contributed by atoms with Crippen molar-refractivity contribution in [2.24, 2.45) is 11.8 Å². The van der Waals surface area contributed by atoms with Crippen molar-refractivity contribution in [2.75, 3.05) is 34.0 Å². The largest absolute Gasteiger partial charge is 0.504 e. The minimum atomic E-state index is -1.56. The number of aliphatic hydroxyl groups is 5. The number of benzene rings is 2. The molecule has 2 aliphatic rings. The van der Waals surface area contributed by atoms with Crippen molar-refractivity contribution < 1.29 is 54.3 Å². The average molecular weight is 523 g/mol. The molecule has 0 saturated carbocycles. The Morgan fingerprint density at radius 2 is 1.62 bits per heavy atom. The van der Waals surface area contributed by atoms with Crippen molar-refractivity contribution in [3.8, 4) is 23.0 Å². The zero-order chi connectivity index (χ0) is 26.7. The molecule has 2 heterocycles. The maximum absolute atomic E-state index is 10.3. The zero-order valence-electron chi connectivity index (χ0n) is 20.6. The third-order valence-electron chi connectivity index (χ3n) is 7.04. The van der Waals surface area contributed by atoms with Crippen LogP contribution in [0, 0.1) is 11.8 Å². The van der Waals surface area contributed by atoms with E-state index >= 15 is 0 Å². The molecule has 8 atom stereocenters. The van der Waals surface area contributed by atoms with Crippen LogP contribution in [0.25, 0.3) is 0 Å². The SMILES string of the molecule is COc1cc([C@@H]2OC[C@@H](Cc3ccc(O[C@H]4O[C@@H](CO)[C@H](O)[C@@H](O)[C@@H]4O)c(OC)c3)[C@H]2CO)ccc1O. The second-order valence-corrected chi connectivity index (χ2v) is 9.30. The molecule has 0 radical (unpaired) electrons. The summed E-state index contributed by atoms with van der Waals surface area (Å²) >= 11 is 0. The molecule has 0 unspecified atom stereocenters. The van der Waals surface area contributed by atoms with Gasteiger partial charge < -0.3 is 54.3 Å². The maximum atomic E-state index is 10.3. The molecule has 2 fully saturated rings. The van der Waals surface area contributed by atoms with E-state index in [0.717, 1.165) is 11.1 Å². The molecule has 2 aromatic rings. The Kier molecular flexibility index (Phi) is 8.75. The molecule has 0 spiro atoms. The summed E-state index contributed by atoms with van der Waals surface area (Å²) < 4.78 is 27.9. The van der Waals surface area contributed by atoms with Gasteiger partial charge in [0.15, 0.2) is 23.0 Å². The predicted octanol–water partition coefficient (Wildman–Crippen LogP) is 0.127. The van der Waals surface area contributed by atoms with E-state index < -0.39 is 37.3 Å². The summed E-state index contributed by atoms with van der Waals surface area (Å²) in [6.45, 7) is -0.229. The van der Waals surface area contributed by atoms with Gasteiger partial charge in [0.25, 0.3) is 0 Å². The van der Waals surface area contributed by atoms with Gasteiger partial charge in [0, 0.05) is 12.5 Å². The Morgan fingerprint density at radius 3 is 2.30 bits per heavy atom. The van der Waals surface area contributed by atoms with E-state index in [1.807, 2.05) is 6.07 Å². The molecule has 37 heavy (non-hydrogen) atoms. The molecule has 2 saturated heterocycles. The Hall–Kier alpha value is -2.64. The summed E-state index contributed by atoms with van der Waals surface area (Å²) in [5.74, 6) is 0.766. The van der Waals surface area contributed by atoms with Gasteiger partial charge in [-0.3, -0.25) is 0 Å². The van der Waals surface area contributed by atoms with E-state index in [1.165, 1.54) is 20.3 Å². The first-order chi connectivity index (χ1) is 17.8. The fourth-order valence-electron chi connectivity index (χ4n) is 4.92. The molecule has 204 valence electrons. The Labute approximate surface area is 214 Å². The lowest BCUT2D eigenvalue weighted by atomic mass is 9.84. The van der Waals surface area contributed by atoms with Gasteiger partial charge in [0.2, 0.25) is 6.29 Å². The molecule has 0 aliphatic carbocycles. The second kappa shape index (κ2) is 11.8. The lowest BCUT2D eigenvalue weighted by Crippen LogP contribution is -2.60. The number of aliphatic hydroxyl groups excluding tert-OH is 5. The molecule has 6 N–H and O–H groups in total. The van der Waals surface area contributed by atoms with Gasteiger partial charge in [-0.1, -0.05) is 12.1 Å². The van der Waals surface area contributed by atoms with Crippen LogP contribution in [-0.4, -0.2) is 95.4 Å². The van der Waals surface area contributed by atoms with E-state index in [-0.39, 0.29) is 36.0 Å². The van der Waals surface area contributed by atoms with Crippen LogP contribution in [0.5, 0.6) is 23.0 Å². The summed E-state index contributed by atoms with van der Waals surface area (Å²) in [5.41, 5.74) is 1.70. The number of rotatable bonds is 9. The molecule has 11 nitrogen and oxygen atoms in total. The molecule has 4 rings (SSSR count). The number of aromatic hydroxyl groups is 1. The summed E-state index contributed by atoms with van der Waals surface area (Å²) in [6.07, 6.45) is -6.79. The first kappa shape index (κ1) is 27.4. The van der Waals surface area contributed by atoms with E-state index in [1.54, 1.807) is 24.3 Å². The second-order valence-electron chi connectivity index (χ2n) is 9.30. The summed E-state index contributed by atoms with van der Waals surface area (Å²) in [7, 11) is 2.93. The Bertz CT molecular complexity index is 1050. The van der Waals surface area contributed by atoms with Gasteiger partial charge in [-0.25, -0.2) is 0 Å². The lowest BCUT2D eigenvalue weighted by Gasteiger charge is -2.39. The number of ether oxygens (including phenoxy) is 5. The average Bonchev–Trinajstić information content (AvgIpc) is 3.32. The topological polar surface area (TPSA) is 168 Å². The molecule has 0 amide bonds. The summed E-state index contributed by atoms with van der Waals surface area (Å²) in [5, 5.41) is 59.7. The van der Waals surface area contributed by atoms with Crippen LogP contribution in [0.1, 0.15) is 17.2 Å². The monoisotopic (exact) mass is 522 g/mol. The first-order valence-corrected chi connectivity index (χ1v) is 12.0. The van der Waals surface area contributed by atoms with Crippen molar-refractivity contribution in [2.45, 2.75) is 43.2 Å². The summed E-state index contributed by atoms with van der Waals surface area (Å²) in [4.78, 5) is 0. The van der Waals surface area contributed by atoms with Gasteiger partial charge in [0.1, 0.15) is 24.4 Å². The van der Waals surface area contributed by atoms with Crippen LogP contribution in [0.4, 0.5) is 0 Å². The highest BCUT2D eigenvalue weighted by atomic mass is 16.7. The highest BCUT2D eigenvalue weighted by Gasteiger charge is 2.45. The van der Waals surface area contributed by atoms with Crippen LogP contribution >= 0.6 is 0 Å². The van der Waals surface area contributed by atoms with E-state index in [2.05, 4.69) is 0 Å². The van der Waals surface area contributed by atoms with Crippen molar-refractivity contribution in [1.82, 2.24) is 0 Å². The molecule has 2 aliphatic heterocycles. The van der Waals surface area contributed by atoms with Gasteiger partial charge in [-0.15, -0.1) is 0 Å². The lowest BCUT2D eigenvalue weighted by molar-refractivity contribution is -0.277. The third kappa shape index (κ3) is 5.63. The van der Waals surface area contributed by atoms with Gasteiger partial charge in [0.05, 0.1) is 33.5 Å². The van der Waals surface area contributed by atoms with Crippen molar-refractivity contribution >= 4 is 0 Å². The highest BCUT2D eigenvalue weighted by molar-refractivity contribution is 5.44. The van der Waals surface area contributed by atoms with Gasteiger partial charge >= 0.3 is 0 Å². The normalized spacial score (nSPS) is 31.8. The van der Waals surface area contributed by atoms with Crippen molar-refractivity contribution in [3.05, 3.63) is 47.5 Å².